The van der Waals surface area contributed by atoms with Gasteiger partial charge in [-0.3, -0.25) is 4.79 Å². The first-order chi connectivity index (χ1) is 7.50. The lowest BCUT2D eigenvalue weighted by molar-refractivity contribution is -0.118. The molecule has 0 saturated heterocycles. The lowest BCUT2D eigenvalue weighted by atomic mass is 10.0. The monoisotopic (exact) mass is 221 g/mol. The molecule has 0 radical (unpaired) electrons. The third kappa shape index (κ3) is 3.50. The summed E-state index contributed by atoms with van der Waals surface area (Å²) in [5, 5.41) is 2.67. The maximum absolute atomic E-state index is 13.0. The summed E-state index contributed by atoms with van der Waals surface area (Å²) < 4.78 is 13.0. The van der Waals surface area contributed by atoms with Crippen molar-refractivity contribution in [2.45, 2.75) is 20.8 Å². The van der Waals surface area contributed by atoms with E-state index in [2.05, 4.69) is 5.32 Å². The summed E-state index contributed by atoms with van der Waals surface area (Å²) in [7, 11) is 0. The zero-order valence-corrected chi connectivity index (χ0v) is 9.80. The van der Waals surface area contributed by atoms with Crippen LogP contribution in [0.15, 0.2) is 18.2 Å². The Morgan fingerprint density at radius 2 is 1.94 bits per heavy atom. The number of benzene rings is 1. The van der Waals surface area contributed by atoms with E-state index < -0.39 is 0 Å². The van der Waals surface area contributed by atoms with Crippen molar-refractivity contribution in [1.82, 2.24) is 5.32 Å². The van der Waals surface area contributed by atoms with E-state index in [0.29, 0.717) is 6.54 Å². The molecule has 1 amide bonds. The second-order valence-electron chi connectivity index (χ2n) is 3.79. The predicted molar refractivity (Wildman–Crippen MR) is 63.6 cm³/mol. The van der Waals surface area contributed by atoms with Gasteiger partial charge < -0.3 is 5.32 Å². The van der Waals surface area contributed by atoms with Crippen molar-refractivity contribution in [3.05, 3.63) is 40.7 Å². The molecule has 3 heteroatoms. The first-order valence-corrected chi connectivity index (χ1v) is 5.18. The standard InChI is InChI=1S/C13H16FNO/c1-9-7-12(14)8-10(2)13(9)5-4-6-15-11(3)16/h4-5,7-8H,6H2,1-3H3,(H,15,16). The van der Waals surface area contributed by atoms with Gasteiger partial charge in [-0.25, -0.2) is 4.39 Å². The first kappa shape index (κ1) is 12.4. The van der Waals surface area contributed by atoms with Crippen LogP contribution < -0.4 is 5.32 Å². The van der Waals surface area contributed by atoms with Gasteiger partial charge in [0, 0.05) is 13.5 Å². The highest BCUT2D eigenvalue weighted by Crippen LogP contribution is 2.17. The molecule has 0 aromatic heterocycles. The average molecular weight is 221 g/mol. The molecule has 0 spiro atoms. The summed E-state index contributed by atoms with van der Waals surface area (Å²) in [5.74, 6) is -0.272. The largest absolute Gasteiger partial charge is 0.353 e. The molecule has 1 N–H and O–H groups in total. The van der Waals surface area contributed by atoms with E-state index in [0.717, 1.165) is 16.7 Å². The lowest BCUT2D eigenvalue weighted by Gasteiger charge is -2.05. The third-order valence-corrected chi connectivity index (χ3v) is 2.31. The van der Waals surface area contributed by atoms with E-state index in [-0.39, 0.29) is 11.7 Å². The number of hydrogen-bond acceptors (Lipinski definition) is 1. The summed E-state index contributed by atoms with van der Waals surface area (Å²) in [6.07, 6.45) is 3.76. The molecule has 0 saturated carbocycles. The average Bonchev–Trinajstić information content (AvgIpc) is 2.14. The molecule has 16 heavy (non-hydrogen) atoms. The molecule has 0 unspecified atom stereocenters. The fraction of sp³-hybridized carbons (Fsp3) is 0.308. The van der Waals surface area contributed by atoms with Gasteiger partial charge in [0.25, 0.3) is 0 Å². The van der Waals surface area contributed by atoms with Crippen LogP contribution in [0.2, 0.25) is 0 Å². The Balaban J connectivity index is 2.77. The number of halogens is 1. The Kier molecular flexibility index (Phi) is 4.23. The minimum Gasteiger partial charge on any atom is -0.353 e. The molecule has 1 aromatic rings. The molecule has 0 aliphatic rings. The maximum atomic E-state index is 13.0. The van der Waals surface area contributed by atoms with E-state index in [4.69, 9.17) is 0 Å². The van der Waals surface area contributed by atoms with Crippen molar-refractivity contribution in [3.63, 3.8) is 0 Å². The second kappa shape index (κ2) is 5.45. The normalized spacial score (nSPS) is 10.8. The summed E-state index contributed by atoms with van der Waals surface area (Å²) in [5.41, 5.74) is 2.81. The van der Waals surface area contributed by atoms with Crippen LogP contribution in [-0.2, 0) is 4.79 Å². The van der Waals surface area contributed by atoms with E-state index >= 15 is 0 Å². The second-order valence-corrected chi connectivity index (χ2v) is 3.79. The molecule has 86 valence electrons. The van der Waals surface area contributed by atoms with Gasteiger partial charge in [-0.2, -0.15) is 0 Å². The molecule has 0 heterocycles. The molecule has 2 nitrogen and oxygen atoms in total. The van der Waals surface area contributed by atoms with E-state index in [1.54, 1.807) is 0 Å². The number of aryl methyl sites for hydroxylation is 2. The van der Waals surface area contributed by atoms with Gasteiger partial charge >= 0.3 is 0 Å². The Bertz CT molecular complexity index is 401. The fourth-order valence-electron chi connectivity index (χ4n) is 1.56. The van der Waals surface area contributed by atoms with Crippen molar-refractivity contribution >= 4 is 12.0 Å². The highest BCUT2D eigenvalue weighted by atomic mass is 19.1. The zero-order chi connectivity index (χ0) is 12.1. The third-order valence-electron chi connectivity index (χ3n) is 2.31. The van der Waals surface area contributed by atoms with E-state index in [1.807, 2.05) is 26.0 Å². The Hall–Kier alpha value is -1.64. The zero-order valence-electron chi connectivity index (χ0n) is 9.80. The molecular formula is C13H16FNO. The van der Waals surface area contributed by atoms with Crippen LogP contribution in [0.1, 0.15) is 23.6 Å². The van der Waals surface area contributed by atoms with Gasteiger partial charge in [-0.05, 0) is 42.7 Å². The van der Waals surface area contributed by atoms with Gasteiger partial charge in [-0.15, -0.1) is 0 Å². The quantitative estimate of drug-likeness (QED) is 0.835. The number of hydrogen-bond donors (Lipinski definition) is 1. The molecule has 1 aromatic carbocycles. The SMILES string of the molecule is CC(=O)NCC=Cc1c(C)cc(F)cc1C. The Labute approximate surface area is 95.2 Å². The van der Waals surface area contributed by atoms with Crippen molar-refractivity contribution < 1.29 is 9.18 Å². The minimum absolute atomic E-state index is 0.0581. The first-order valence-electron chi connectivity index (χ1n) is 5.18. The molecular weight excluding hydrogens is 205 g/mol. The van der Waals surface area contributed by atoms with E-state index in [9.17, 15) is 9.18 Å². The lowest BCUT2D eigenvalue weighted by Crippen LogP contribution is -2.19. The van der Waals surface area contributed by atoms with Crippen LogP contribution in [0.3, 0.4) is 0 Å². The smallest absolute Gasteiger partial charge is 0.217 e. The number of amides is 1. The molecule has 0 bridgehead atoms. The molecule has 0 aliphatic carbocycles. The van der Waals surface area contributed by atoms with Crippen LogP contribution >= 0.6 is 0 Å². The number of carbonyl (C=O) groups is 1. The van der Waals surface area contributed by atoms with Gasteiger partial charge in [0.2, 0.25) is 5.91 Å². The van der Waals surface area contributed by atoms with Crippen molar-refractivity contribution in [2.24, 2.45) is 0 Å². The van der Waals surface area contributed by atoms with Gasteiger partial charge in [0.15, 0.2) is 0 Å². The summed E-state index contributed by atoms with van der Waals surface area (Å²) in [4.78, 5) is 10.6. The predicted octanol–water partition coefficient (Wildman–Crippen LogP) is 2.59. The van der Waals surface area contributed by atoms with Crippen LogP contribution in [0, 0.1) is 19.7 Å². The van der Waals surface area contributed by atoms with Gasteiger partial charge in [0.05, 0.1) is 0 Å². The highest BCUT2D eigenvalue weighted by molar-refractivity contribution is 5.73. The van der Waals surface area contributed by atoms with E-state index in [1.165, 1.54) is 19.1 Å². The van der Waals surface area contributed by atoms with Crippen molar-refractivity contribution in [2.75, 3.05) is 6.54 Å². The van der Waals surface area contributed by atoms with Gasteiger partial charge in [0.1, 0.15) is 5.82 Å². The summed E-state index contributed by atoms with van der Waals surface area (Å²) >= 11 is 0. The number of rotatable bonds is 3. The fourth-order valence-corrected chi connectivity index (χ4v) is 1.56. The molecule has 0 fully saturated rings. The van der Waals surface area contributed by atoms with Crippen molar-refractivity contribution in [1.29, 1.82) is 0 Å². The highest BCUT2D eigenvalue weighted by Gasteiger charge is 2.01. The van der Waals surface area contributed by atoms with Crippen LogP contribution in [0.4, 0.5) is 4.39 Å². The van der Waals surface area contributed by atoms with Crippen LogP contribution in [0.25, 0.3) is 6.08 Å². The molecule has 0 atom stereocenters. The summed E-state index contributed by atoms with van der Waals surface area (Å²) in [6, 6.07) is 3.01. The molecule has 0 aliphatic heterocycles. The molecule has 1 rings (SSSR count). The Morgan fingerprint density at radius 3 is 2.44 bits per heavy atom. The van der Waals surface area contributed by atoms with Crippen LogP contribution in [0.5, 0.6) is 0 Å². The Morgan fingerprint density at radius 1 is 1.38 bits per heavy atom. The van der Waals surface area contributed by atoms with Gasteiger partial charge in [-0.1, -0.05) is 12.2 Å². The minimum atomic E-state index is -0.214. The maximum Gasteiger partial charge on any atom is 0.217 e. The topological polar surface area (TPSA) is 29.1 Å². The van der Waals surface area contributed by atoms with Crippen molar-refractivity contribution in [3.8, 4) is 0 Å². The number of carbonyl (C=O) groups excluding carboxylic acids is 1. The number of nitrogens with one attached hydrogen (secondary N) is 1. The summed E-state index contributed by atoms with van der Waals surface area (Å²) in [6.45, 7) is 5.70. The van der Waals surface area contributed by atoms with Crippen LogP contribution in [-0.4, -0.2) is 12.5 Å².